The van der Waals surface area contributed by atoms with E-state index in [2.05, 4.69) is 0 Å². The van der Waals surface area contributed by atoms with Crippen LogP contribution in [0.5, 0.6) is 5.75 Å². The van der Waals surface area contributed by atoms with E-state index in [0.29, 0.717) is 16.9 Å². The summed E-state index contributed by atoms with van der Waals surface area (Å²) in [5.74, 6) is -2.48. The minimum Gasteiger partial charge on any atom is -0.487 e. The Labute approximate surface area is 214 Å². The number of aliphatic hydroxyl groups excluding tert-OH is 2. The van der Waals surface area contributed by atoms with E-state index in [1.54, 1.807) is 18.2 Å². The second kappa shape index (κ2) is 11.1. The minimum atomic E-state index is -0.785. The number of ether oxygens (including phenoxy) is 1. The number of nitrogens with zero attached hydrogens (tertiary/aromatic N) is 3. The average molecular weight is 534 g/mol. The summed E-state index contributed by atoms with van der Waals surface area (Å²) in [6, 6.07) is 9.40. The van der Waals surface area contributed by atoms with Crippen LogP contribution in [0.2, 0.25) is 5.02 Å². The zero-order chi connectivity index (χ0) is 26.7. The van der Waals surface area contributed by atoms with Gasteiger partial charge in [0.05, 0.1) is 30.9 Å². The predicted molar refractivity (Wildman–Crippen MR) is 131 cm³/mol. The van der Waals surface area contributed by atoms with Gasteiger partial charge in [0.25, 0.3) is 11.5 Å². The third-order valence-electron chi connectivity index (χ3n) is 5.79. The maximum Gasteiger partial charge on any atom is 0.273 e. The van der Waals surface area contributed by atoms with Crippen molar-refractivity contribution in [1.29, 1.82) is 0 Å². The number of fused-ring (bicyclic) bond motifs is 1. The zero-order valence-electron chi connectivity index (χ0n) is 19.4. The molecule has 0 radical (unpaired) electrons. The number of carbonyl (C=O) groups excluding carboxylic acids is 2. The largest absolute Gasteiger partial charge is 0.487 e. The Hall–Kier alpha value is -3.80. The van der Waals surface area contributed by atoms with E-state index >= 15 is 0 Å². The third kappa shape index (κ3) is 5.48. The molecule has 9 nitrogen and oxygen atoms in total. The molecule has 0 saturated heterocycles. The second-order valence-electron chi connectivity index (χ2n) is 8.19. The van der Waals surface area contributed by atoms with Crippen LogP contribution in [0, 0.1) is 11.6 Å². The van der Waals surface area contributed by atoms with Crippen LogP contribution in [0.4, 0.5) is 20.2 Å². The van der Waals surface area contributed by atoms with Gasteiger partial charge in [-0.2, -0.15) is 0 Å². The van der Waals surface area contributed by atoms with Gasteiger partial charge in [-0.3, -0.25) is 24.2 Å². The summed E-state index contributed by atoms with van der Waals surface area (Å²) in [4.78, 5) is 40.1. The molecule has 2 amide bonds. The van der Waals surface area contributed by atoms with Gasteiger partial charge in [-0.1, -0.05) is 17.7 Å². The summed E-state index contributed by atoms with van der Waals surface area (Å²) in [5, 5.41) is 18.2. The molecular weight excluding hydrogens is 512 g/mol. The highest BCUT2D eigenvalue weighted by atomic mass is 35.5. The Balaban J connectivity index is 1.56. The molecule has 0 saturated carbocycles. The Kier molecular flexibility index (Phi) is 7.86. The minimum absolute atomic E-state index is 0.0273. The van der Waals surface area contributed by atoms with Crippen molar-refractivity contribution in [2.45, 2.75) is 19.6 Å². The zero-order valence-corrected chi connectivity index (χ0v) is 20.1. The molecule has 37 heavy (non-hydrogen) atoms. The number of aliphatic hydroxyl groups is 2. The van der Waals surface area contributed by atoms with Gasteiger partial charge in [0.2, 0.25) is 5.91 Å². The van der Waals surface area contributed by atoms with Crippen LogP contribution >= 0.6 is 11.6 Å². The molecule has 1 aliphatic rings. The van der Waals surface area contributed by atoms with E-state index in [-0.39, 0.29) is 49.2 Å². The van der Waals surface area contributed by atoms with E-state index in [1.807, 2.05) is 0 Å². The van der Waals surface area contributed by atoms with E-state index in [9.17, 15) is 28.3 Å². The molecule has 0 atom stereocenters. The number of hydrogen-bond acceptors (Lipinski definition) is 6. The van der Waals surface area contributed by atoms with Gasteiger partial charge in [-0.15, -0.1) is 0 Å². The smallest absolute Gasteiger partial charge is 0.273 e. The first kappa shape index (κ1) is 26.3. The van der Waals surface area contributed by atoms with Crippen LogP contribution in [-0.4, -0.2) is 46.5 Å². The molecule has 0 fully saturated rings. The summed E-state index contributed by atoms with van der Waals surface area (Å²) in [6.07, 6.45) is 1.29. The number of carbonyl (C=O) groups is 2. The second-order valence-corrected chi connectivity index (χ2v) is 8.57. The van der Waals surface area contributed by atoms with E-state index in [4.69, 9.17) is 21.4 Å². The highest BCUT2D eigenvalue weighted by molar-refractivity contribution is 6.31. The van der Waals surface area contributed by atoms with Crippen LogP contribution in [0.1, 0.15) is 17.5 Å². The van der Waals surface area contributed by atoms with Crippen LogP contribution < -0.4 is 20.1 Å². The first-order valence-electron chi connectivity index (χ1n) is 11.1. The molecule has 3 aromatic rings. The molecule has 2 aromatic carbocycles. The maximum atomic E-state index is 13.9. The van der Waals surface area contributed by atoms with E-state index in [0.717, 1.165) is 12.1 Å². The maximum absolute atomic E-state index is 13.9. The first-order chi connectivity index (χ1) is 17.7. The van der Waals surface area contributed by atoms with Crippen LogP contribution in [0.3, 0.4) is 0 Å². The van der Waals surface area contributed by atoms with Crippen molar-refractivity contribution >= 4 is 34.8 Å². The molecule has 1 aromatic heterocycles. The number of pyridine rings is 1. The molecule has 12 heteroatoms. The van der Waals surface area contributed by atoms with Crippen molar-refractivity contribution in [2.75, 3.05) is 29.7 Å². The highest BCUT2D eigenvalue weighted by Gasteiger charge is 2.33. The number of benzene rings is 2. The summed E-state index contributed by atoms with van der Waals surface area (Å²) in [5.41, 5.74) is 0.937. The predicted octanol–water partition coefficient (Wildman–Crippen LogP) is 2.42. The summed E-state index contributed by atoms with van der Waals surface area (Å²) >= 11 is 6.20. The van der Waals surface area contributed by atoms with Crippen molar-refractivity contribution < 1.29 is 33.3 Å². The Bertz CT molecular complexity index is 1410. The topological polar surface area (TPSA) is 112 Å². The number of halogens is 3. The van der Waals surface area contributed by atoms with Gasteiger partial charge in [-0.25, -0.2) is 8.78 Å². The highest BCUT2D eigenvalue weighted by Crippen LogP contribution is 2.37. The molecular formula is C25H22ClF2N3O6. The van der Waals surface area contributed by atoms with E-state index in [1.165, 1.54) is 32.7 Å². The summed E-state index contributed by atoms with van der Waals surface area (Å²) < 4.78 is 33.7. The lowest BCUT2D eigenvalue weighted by Gasteiger charge is -2.18. The van der Waals surface area contributed by atoms with Crippen molar-refractivity contribution in [3.63, 3.8) is 0 Å². The lowest BCUT2D eigenvalue weighted by molar-refractivity contribution is -0.121. The normalized spacial score (nSPS) is 12.6. The fraction of sp³-hybridized carbons (Fsp3) is 0.240. The molecule has 0 bridgehead atoms. The summed E-state index contributed by atoms with van der Waals surface area (Å²) in [6.45, 7) is -1.41. The van der Waals surface area contributed by atoms with Gasteiger partial charge in [0.1, 0.15) is 42.3 Å². The Morgan fingerprint density at radius 2 is 1.76 bits per heavy atom. The van der Waals surface area contributed by atoms with Crippen molar-refractivity contribution in [2.24, 2.45) is 0 Å². The third-order valence-corrected chi connectivity index (χ3v) is 6.14. The number of amides is 2. The Morgan fingerprint density at radius 1 is 1.00 bits per heavy atom. The van der Waals surface area contributed by atoms with Gasteiger partial charge < -0.3 is 19.5 Å². The van der Waals surface area contributed by atoms with Gasteiger partial charge in [-0.05, 0) is 35.9 Å². The van der Waals surface area contributed by atoms with Crippen molar-refractivity contribution in [3.05, 3.63) is 86.8 Å². The standard InChI is InChI=1S/C25H22ClF2N3O6/c26-24-21(37-13-16-2-3-17(27)10-18(16)28)5-7-29(25(24)36)11-15-1-4-19-20(9-15)31(22(34)6-8-32)14-30(19)23(35)12-33/h1-5,7,9-10,32-33H,6,8,11-14H2. The fourth-order valence-corrected chi connectivity index (χ4v) is 4.13. The molecule has 2 heterocycles. The molecule has 0 spiro atoms. The van der Waals surface area contributed by atoms with Gasteiger partial charge in [0, 0.05) is 17.8 Å². The molecule has 4 rings (SSSR count). The molecule has 0 aliphatic carbocycles. The lowest BCUT2D eigenvalue weighted by Crippen LogP contribution is -2.39. The van der Waals surface area contributed by atoms with Crippen molar-refractivity contribution in [3.8, 4) is 5.75 Å². The van der Waals surface area contributed by atoms with Crippen LogP contribution in [-0.2, 0) is 22.7 Å². The molecule has 0 unspecified atom stereocenters. The Morgan fingerprint density at radius 3 is 2.46 bits per heavy atom. The summed E-state index contributed by atoms with van der Waals surface area (Å²) in [7, 11) is 0. The molecule has 194 valence electrons. The van der Waals surface area contributed by atoms with Gasteiger partial charge in [0.15, 0.2) is 0 Å². The van der Waals surface area contributed by atoms with Gasteiger partial charge >= 0.3 is 0 Å². The van der Waals surface area contributed by atoms with Crippen LogP contribution in [0.25, 0.3) is 0 Å². The molecule has 1 aliphatic heterocycles. The SMILES string of the molecule is O=C(CO)N1CN(C(=O)CCO)c2cc(Cn3ccc(OCc4ccc(F)cc4F)c(Cl)c3=O)ccc21. The lowest BCUT2D eigenvalue weighted by atomic mass is 10.1. The quantitative estimate of drug-likeness (QED) is 0.460. The number of rotatable bonds is 8. The average Bonchev–Trinajstić information content (AvgIpc) is 3.26. The monoisotopic (exact) mass is 533 g/mol. The number of hydrogen-bond donors (Lipinski definition) is 2. The first-order valence-corrected chi connectivity index (χ1v) is 11.5. The fourth-order valence-electron chi connectivity index (χ4n) is 3.90. The van der Waals surface area contributed by atoms with Crippen LogP contribution in [0.15, 0.2) is 53.5 Å². The van der Waals surface area contributed by atoms with Crippen molar-refractivity contribution in [1.82, 2.24) is 4.57 Å². The molecule has 2 N–H and O–H groups in total. The van der Waals surface area contributed by atoms with E-state index < -0.39 is 35.6 Å². The number of anilines is 2. The number of aromatic nitrogens is 1.